The Kier molecular flexibility index (Phi) is 7.93. The van der Waals surface area contributed by atoms with Gasteiger partial charge in [-0.1, -0.05) is 53.6 Å². The molecule has 1 rings (SSSR count). The summed E-state index contributed by atoms with van der Waals surface area (Å²) < 4.78 is 5.73. The topological polar surface area (TPSA) is 29.5 Å². The third-order valence-corrected chi connectivity index (χ3v) is 3.16. The number of rotatable bonds is 8. The van der Waals surface area contributed by atoms with E-state index in [2.05, 4.69) is 32.9 Å². The molecule has 0 saturated carbocycles. The number of benzene rings is 1. The summed E-state index contributed by atoms with van der Waals surface area (Å²) in [7, 11) is 0. The molecule has 0 aliphatic heterocycles. The van der Waals surface area contributed by atoms with Gasteiger partial charge in [-0.25, -0.2) is 0 Å². The van der Waals surface area contributed by atoms with Gasteiger partial charge < -0.3 is 9.84 Å². The van der Waals surface area contributed by atoms with E-state index in [1.54, 1.807) is 0 Å². The number of aliphatic hydroxyl groups excluding tert-OH is 1. The van der Waals surface area contributed by atoms with Crippen LogP contribution >= 0.6 is 0 Å². The molecule has 0 saturated heterocycles. The molecule has 2 nitrogen and oxygen atoms in total. The highest BCUT2D eigenvalue weighted by Crippen LogP contribution is 2.16. The highest BCUT2D eigenvalue weighted by atomic mass is 16.5. The molecular weight excluding hydrogens is 248 g/mol. The molecule has 2 heteroatoms. The molecule has 0 aliphatic rings. The van der Waals surface area contributed by atoms with Crippen molar-refractivity contribution in [2.75, 3.05) is 13.2 Å². The minimum atomic E-state index is -0.238. The zero-order valence-electron chi connectivity index (χ0n) is 12.8. The van der Waals surface area contributed by atoms with Crippen LogP contribution in [-0.4, -0.2) is 18.3 Å². The van der Waals surface area contributed by atoms with Crippen molar-refractivity contribution >= 4 is 0 Å². The summed E-state index contributed by atoms with van der Waals surface area (Å²) >= 11 is 0. The highest BCUT2D eigenvalue weighted by Gasteiger charge is 2.08. The maximum atomic E-state index is 9.39. The maximum absolute atomic E-state index is 9.39. The lowest BCUT2D eigenvalue weighted by Gasteiger charge is -2.14. The smallest absolute Gasteiger partial charge is 0.106 e. The van der Waals surface area contributed by atoms with Crippen LogP contribution in [0.15, 0.2) is 53.6 Å². The first-order chi connectivity index (χ1) is 9.63. The van der Waals surface area contributed by atoms with Crippen molar-refractivity contribution in [3.05, 3.63) is 59.2 Å². The molecule has 0 aromatic heterocycles. The molecule has 1 atom stereocenters. The van der Waals surface area contributed by atoms with E-state index in [0.717, 1.165) is 18.4 Å². The first-order valence-electron chi connectivity index (χ1n) is 7.20. The highest BCUT2D eigenvalue weighted by molar-refractivity contribution is 5.17. The Morgan fingerprint density at radius 1 is 1.15 bits per heavy atom. The summed E-state index contributed by atoms with van der Waals surface area (Å²) in [5.41, 5.74) is 3.70. The second kappa shape index (κ2) is 9.51. The van der Waals surface area contributed by atoms with Crippen LogP contribution in [0.3, 0.4) is 0 Å². The summed E-state index contributed by atoms with van der Waals surface area (Å²) in [4.78, 5) is 0. The van der Waals surface area contributed by atoms with Gasteiger partial charge >= 0.3 is 0 Å². The standard InChI is InChI=1S/C18H26O2/c1-15(2)8-7-9-16(3)12-13-20-18(14-19)17-10-5-4-6-11-17/h4-6,8,10-12,18-19H,7,9,13-14H2,1-3H3/b16-12+. The van der Waals surface area contributed by atoms with E-state index >= 15 is 0 Å². The molecule has 1 unspecified atom stereocenters. The molecule has 0 fully saturated rings. The zero-order chi connectivity index (χ0) is 14.8. The van der Waals surface area contributed by atoms with Crippen LogP contribution in [0.2, 0.25) is 0 Å². The third kappa shape index (κ3) is 6.69. The number of hydrogen-bond donors (Lipinski definition) is 1. The van der Waals surface area contributed by atoms with Gasteiger partial charge in [-0.05, 0) is 39.2 Å². The van der Waals surface area contributed by atoms with Gasteiger partial charge in [0, 0.05) is 0 Å². The van der Waals surface area contributed by atoms with Gasteiger partial charge in [0.25, 0.3) is 0 Å². The van der Waals surface area contributed by atoms with Crippen LogP contribution in [0.5, 0.6) is 0 Å². The molecule has 0 bridgehead atoms. The van der Waals surface area contributed by atoms with E-state index in [-0.39, 0.29) is 12.7 Å². The molecule has 20 heavy (non-hydrogen) atoms. The van der Waals surface area contributed by atoms with E-state index in [9.17, 15) is 5.11 Å². The number of hydrogen-bond acceptors (Lipinski definition) is 2. The van der Waals surface area contributed by atoms with Gasteiger partial charge in [0.15, 0.2) is 0 Å². The van der Waals surface area contributed by atoms with Gasteiger partial charge in [0.05, 0.1) is 13.2 Å². The van der Waals surface area contributed by atoms with Crippen LogP contribution in [0.1, 0.15) is 45.3 Å². The van der Waals surface area contributed by atoms with Crippen molar-refractivity contribution in [2.45, 2.75) is 39.7 Å². The van der Waals surface area contributed by atoms with E-state index in [1.165, 1.54) is 11.1 Å². The third-order valence-electron chi connectivity index (χ3n) is 3.16. The van der Waals surface area contributed by atoms with Crippen molar-refractivity contribution in [3.63, 3.8) is 0 Å². The SMILES string of the molecule is CC(C)=CCC/C(C)=C/COC(CO)c1ccccc1. The predicted octanol–water partition coefficient (Wildman–Crippen LogP) is 4.43. The van der Waals surface area contributed by atoms with Crippen LogP contribution in [0.25, 0.3) is 0 Å². The average molecular weight is 274 g/mol. The first kappa shape index (κ1) is 16.7. The minimum absolute atomic E-state index is 0.00860. The molecule has 110 valence electrons. The molecule has 0 aliphatic carbocycles. The number of allylic oxidation sites excluding steroid dienone is 3. The maximum Gasteiger partial charge on any atom is 0.106 e. The number of ether oxygens (including phenoxy) is 1. The first-order valence-corrected chi connectivity index (χ1v) is 7.20. The lowest BCUT2D eigenvalue weighted by Crippen LogP contribution is -2.09. The van der Waals surface area contributed by atoms with Gasteiger partial charge in [0.2, 0.25) is 0 Å². The Labute approximate surface area is 122 Å². The van der Waals surface area contributed by atoms with E-state index in [1.807, 2.05) is 30.3 Å². The fourth-order valence-corrected chi connectivity index (χ4v) is 1.92. The van der Waals surface area contributed by atoms with Crippen LogP contribution in [0.4, 0.5) is 0 Å². The lowest BCUT2D eigenvalue weighted by atomic mass is 10.1. The van der Waals surface area contributed by atoms with Gasteiger partial charge in [-0.15, -0.1) is 0 Å². The van der Waals surface area contributed by atoms with Crippen molar-refractivity contribution < 1.29 is 9.84 Å². The van der Waals surface area contributed by atoms with Gasteiger partial charge in [-0.2, -0.15) is 0 Å². The Hall–Kier alpha value is -1.38. The number of aliphatic hydroxyl groups is 1. The van der Waals surface area contributed by atoms with Crippen LogP contribution in [0, 0.1) is 0 Å². The molecular formula is C18H26O2. The molecule has 1 N–H and O–H groups in total. The molecule has 1 aromatic carbocycles. The fraction of sp³-hybridized carbons (Fsp3) is 0.444. The normalized spacial score (nSPS) is 13.1. The average Bonchev–Trinajstić information content (AvgIpc) is 2.44. The van der Waals surface area contributed by atoms with E-state index < -0.39 is 0 Å². The Bertz CT molecular complexity index is 428. The zero-order valence-corrected chi connectivity index (χ0v) is 12.8. The Balaban J connectivity index is 2.39. The molecule has 0 heterocycles. The van der Waals surface area contributed by atoms with E-state index in [0.29, 0.717) is 6.61 Å². The fourth-order valence-electron chi connectivity index (χ4n) is 1.92. The Morgan fingerprint density at radius 3 is 2.45 bits per heavy atom. The summed E-state index contributed by atoms with van der Waals surface area (Å²) in [6.45, 7) is 6.91. The second-order valence-electron chi connectivity index (χ2n) is 5.29. The van der Waals surface area contributed by atoms with Crippen LogP contribution in [-0.2, 0) is 4.74 Å². The van der Waals surface area contributed by atoms with Crippen molar-refractivity contribution in [2.24, 2.45) is 0 Å². The van der Waals surface area contributed by atoms with Crippen molar-refractivity contribution in [1.82, 2.24) is 0 Å². The lowest BCUT2D eigenvalue weighted by molar-refractivity contribution is 0.0272. The van der Waals surface area contributed by atoms with E-state index in [4.69, 9.17) is 4.74 Å². The molecule has 0 amide bonds. The quantitative estimate of drug-likeness (QED) is 0.711. The Morgan fingerprint density at radius 2 is 1.85 bits per heavy atom. The predicted molar refractivity (Wildman–Crippen MR) is 84.6 cm³/mol. The van der Waals surface area contributed by atoms with Gasteiger partial charge in [0.1, 0.15) is 6.10 Å². The second-order valence-corrected chi connectivity index (χ2v) is 5.29. The molecule has 0 spiro atoms. The molecule has 0 radical (unpaired) electrons. The largest absolute Gasteiger partial charge is 0.393 e. The minimum Gasteiger partial charge on any atom is -0.393 e. The molecule has 1 aromatic rings. The van der Waals surface area contributed by atoms with Crippen molar-refractivity contribution in [1.29, 1.82) is 0 Å². The summed E-state index contributed by atoms with van der Waals surface area (Å²) in [6.07, 6.45) is 6.25. The monoisotopic (exact) mass is 274 g/mol. The summed E-state index contributed by atoms with van der Waals surface area (Å²) in [5, 5.41) is 9.39. The summed E-state index contributed by atoms with van der Waals surface area (Å²) in [6, 6.07) is 9.84. The summed E-state index contributed by atoms with van der Waals surface area (Å²) in [5.74, 6) is 0. The van der Waals surface area contributed by atoms with Crippen molar-refractivity contribution in [3.8, 4) is 0 Å². The van der Waals surface area contributed by atoms with Gasteiger partial charge in [-0.3, -0.25) is 0 Å². The van der Waals surface area contributed by atoms with Crippen LogP contribution < -0.4 is 0 Å².